The molecule has 0 amide bonds. The minimum Gasteiger partial charge on any atom is -0.508 e. The molecule has 0 aromatic heterocycles. The maximum absolute atomic E-state index is 9.12. The molecule has 6 heteroatoms. The summed E-state index contributed by atoms with van der Waals surface area (Å²) in [4.78, 5) is 3.52. The third-order valence-corrected chi connectivity index (χ3v) is 6.21. The molecule has 2 N–H and O–H groups in total. The quantitative estimate of drug-likeness (QED) is 0.515. The Bertz CT molecular complexity index is 939. The molecule has 33 heavy (non-hydrogen) atoms. The predicted octanol–water partition coefficient (Wildman–Crippen LogP) is 5.68. The highest BCUT2D eigenvalue weighted by Crippen LogP contribution is 2.35. The standard InChI is InChI=1S/C13H19NO.C8H8O2S.C6H6O/c1-12-7-8-14(11-12)9-10-15-13-5-3-2-4-6-13;9-6-1-2-7-8(5-6)11-4-3-10-7;7-6-4-2-1-3-5-6/h2-6,12H,7-11H2,1H3;1-2,5,9H,3-4H2;1-5,7H. The average molecular weight is 468 g/mol. The molecule has 1 fully saturated rings. The van der Waals surface area contributed by atoms with Gasteiger partial charge in [0.05, 0.1) is 11.5 Å². The van der Waals surface area contributed by atoms with Gasteiger partial charge >= 0.3 is 0 Å². The summed E-state index contributed by atoms with van der Waals surface area (Å²) >= 11 is 1.72. The smallest absolute Gasteiger partial charge is 0.133 e. The third-order valence-electron chi connectivity index (χ3n) is 5.21. The van der Waals surface area contributed by atoms with Crippen LogP contribution in [0.15, 0.2) is 83.8 Å². The van der Waals surface area contributed by atoms with Gasteiger partial charge in [0.15, 0.2) is 0 Å². The van der Waals surface area contributed by atoms with Crippen LogP contribution in [0.5, 0.6) is 23.0 Å². The molecule has 0 bridgehead atoms. The summed E-state index contributed by atoms with van der Waals surface area (Å²) in [7, 11) is 0. The van der Waals surface area contributed by atoms with Crippen molar-refractivity contribution in [2.75, 3.05) is 38.6 Å². The SMILES string of the molecule is CC1CCN(CCOc2ccccc2)C1.Oc1ccc2c(c1)SCCO2.Oc1ccccc1. The zero-order valence-corrected chi connectivity index (χ0v) is 19.9. The number of nitrogens with zero attached hydrogens (tertiary/aromatic N) is 1. The lowest BCUT2D eigenvalue weighted by molar-refractivity contribution is 0.234. The number of aromatic hydroxyl groups is 2. The van der Waals surface area contributed by atoms with E-state index in [1.165, 1.54) is 19.5 Å². The topological polar surface area (TPSA) is 62.2 Å². The highest BCUT2D eigenvalue weighted by atomic mass is 32.2. The van der Waals surface area contributed by atoms with Crippen LogP contribution in [-0.4, -0.2) is 53.7 Å². The Morgan fingerprint density at radius 1 is 0.970 bits per heavy atom. The van der Waals surface area contributed by atoms with Crippen LogP contribution < -0.4 is 9.47 Å². The molecule has 1 unspecified atom stereocenters. The Morgan fingerprint density at radius 2 is 1.70 bits per heavy atom. The predicted molar refractivity (Wildman–Crippen MR) is 135 cm³/mol. The van der Waals surface area contributed by atoms with Crippen LogP contribution in [0.25, 0.3) is 0 Å². The molecule has 0 saturated carbocycles. The van der Waals surface area contributed by atoms with Crippen molar-refractivity contribution in [3.8, 4) is 23.0 Å². The van der Waals surface area contributed by atoms with Crippen LogP contribution in [0.4, 0.5) is 0 Å². The first kappa shape index (κ1) is 24.8. The molecule has 176 valence electrons. The molecule has 2 aliphatic heterocycles. The second-order valence-corrected chi connectivity index (χ2v) is 9.16. The zero-order valence-electron chi connectivity index (χ0n) is 19.1. The van der Waals surface area contributed by atoms with Crippen molar-refractivity contribution in [1.29, 1.82) is 0 Å². The molecular formula is C27H33NO4S. The van der Waals surface area contributed by atoms with Gasteiger partial charge in [-0.2, -0.15) is 0 Å². The summed E-state index contributed by atoms with van der Waals surface area (Å²) in [6.07, 6.45) is 1.34. The van der Waals surface area contributed by atoms with Gasteiger partial charge in [-0.25, -0.2) is 0 Å². The van der Waals surface area contributed by atoms with E-state index in [1.807, 2.05) is 36.4 Å². The van der Waals surface area contributed by atoms with Crippen LogP contribution in [0.3, 0.4) is 0 Å². The number of para-hydroxylation sites is 2. The Labute approximate surface area is 201 Å². The van der Waals surface area contributed by atoms with Gasteiger partial charge in [-0.3, -0.25) is 4.90 Å². The van der Waals surface area contributed by atoms with Crippen molar-refractivity contribution in [2.24, 2.45) is 5.92 Å². The van der Waals surface area contributed by atoms with Crippen molar-refractivity contribution in [2.45, 2.75) is 18.2 Å². The normalized spacial score (nSPS) is 16.8. The van der Waals surface area contributed by atoms with Gasteiger partial charge < -0.3 is 19.7 Å². The molecule has 3 aromatic rings. The van der Waals surface area contributed by atoms with Gasteiger partial charge in [-0.1, -0.05) is 43.3 Å². The largest absolute Gasteiger partial charge is 0.508 e. The van der Waals surface area contributed by atoms with E-state index < -0.39 is 0 Å². The van der Waals surface area contributed by atoms with Gasteiger partial charge in [-0.05, 0) is 61.3 Å². The van der Waals surface area contributed by atoms with Crippen molar-refractivity contribution in [3.05, 3.63) is 78.9 Å². The van der Waals surface area contributed by atoms with Crippen LogP contribution in [0.2, 0.25) is 0 Å². The van der Waals surface area contributed by atoms with Crippen molar-refractivity contribution in [1.82, 2.24) is 4.90 Å². The van der Waals surface area contributed by atoms with E-state index in [1.54, 1.807) is 54.2 Å². The first-order valence-corrected chi connectivity index (χ1v) is 12.3. The molecule has 0 radical (unpaired) electrons. The highest BCUT2D eigenvalue weighted by molar-refractivity contribution is 7.99. The monoisotopic (exact) mass is 467 g/mol. The van der Waals surface area contributed by atoms with E-state index in [2.05, 4.69) is 11.8 Å². The summed E-state index contributed by atoms with van der Waals surface area (Å²) < 4.78 is 11.0. The van der Waals surface area contributed by atoms with Gasteiger partial charge in [-0.15, -0.1) is 11.8 Å². The molecule has 0 aliphatic carbocycles. The Kier molecular flexibility index (Phi) is 10.3. The molecule has 1 atom stereocenters. The first-order chi connectivity index (χ1) is 16.1. The summed E-state index contributed by atoms with van der Waals surface area (Å²) in [6, 6.07) is 23.9. The van der Waals surface area contributed by atoms with Crippen LogP contribution in [0.1, 0.15) is 13.3 Å². The van der Waals surface area contributed by atoms with E-state index in [4.69, 9.17) is 19.7 Å². The molecule has 0 spiro atoms. The summed E-state index contributed by atoms with van der Waals surface area (Å²) in [5.74, 6) is 4.32. The van der Waals surface area contributed by atoms with Gasteiger partial charge in [0, 0.05) is 18.8 Å². The minimum atomic E-state index is 0.307. The van der Waals surface area contributed by atoms with Crippen LogP contribution in [0, 0.1) is 5.92 Å². The molecule has 1 saturated heterocycles. The maximum Gasteiger partial charge on any atom is 0.133 e. The molecule has 5 rings (SSSR count). The fourth-order valence-corrected chi connectivity index (χ4v) is 4.36. The van der Waals surface area contributed by atoms with Crippen molar-refractivity contribution < 1.29 is 19.7 Å². The minimum absolute atomic E-state index is 0.307. The second-order valence-electron chi connectivity index (χ2n) is 8.02. The number of fused-ring (bicyclic) bond motifs is 1. The second kappa shape index (κ2) is 13.7. The molecule has 3 aromatic carbocycles. The van der Waals surface area contributed by atoms with Crippen LogP contribution in [-0.2, 0) is 0 Å². The number of benzene rings is 3. The fourth-order valence-electron chi connectivity index (χ4n) is 3.50. The number of phenols is 2. The van der Waals surface area contributed by atoms with E-state index in [9.17, 15) is 0 Å². The third kappa shape index (κ3) is 9.28. The summed E-state index contributed by atoms with van der Waals surface area (Å²) in [6.45, 7) is 7.41. The number of ether oxygens (including phenoxy) is 2. The van der Waals surface area contributed by atoms with Gasteiger partial charge in [0.1, 0.15) is 29.6 Å². The molecule has 5 nitrogen and oxygen atoms in total. The Balaban J connectivity index is 0.000000149. The Morgan fingerprint density at radius 3 is 2.33 bits per heavy atom. The lowest BCUT2D eigenvalue weighted by atomic mass is 10.2. The number of hydrogen-bond acceptors (Lipinski definition) is 6. The van der Waals surface area contributed by atoms with Gasteiger partial charge in [0.25, 0.3) is 0 Å². The number of likely N-dealkylation sites (tertiary alicyclic amines) is 1. The van der Waals surface area contributed by atoms with Gasteiger partial charge in [0.2, 0.25) is 0 Å². The lowest BCUT2D eigenvalue weighted by Crippen LogP contribution is -2.25. The maximum atomic E-state index is 9.12. The average Bonchev–Trinajstić information content (AvgIpc) is 3.26. The van der Waals surface area contributed by atoms with Crippen molar-refractivity contribution in [3.63, 3.8) is 0 Å². The van der Waals surface area contributed by atoms with E-state index in [-0.39, 0.29) is 0 Å². The highest BCUT2D eigenvalue weighted by Gasteiger charge is 2.17. The molecular weight excluding hydrogens is 434 g/mol. The zero-order chi connectivity index (χ0) is 23.3. The number of hydrogen-bond donors (Lipinski definition) is 2. The van der Waals surface area contributed by atoms with E-state index in [0.29, 0.717) is 11.5 Å². The Hall–Kier alpha value is -2.83. The van der Waals surface area contributed by atoms with Crippen LogP contribution >= 0.6 is 11.8 Å². The number of phenolic OH excluding ortho intramolecular Hbond substituents is 2. The molecule has 2 aliphatic rings. The van der Waals surface area contributed by atoms with E-state index >= 15 is 0 Å². The number of rotatable bonds is 4. The van der Waals surface area contributed by atoms with Crippen molar-refractivity contribution >= 4 is 11.8 Å². The summed E-state index contributed by atoms with van der Waals surface area (Å²) in [5.41, 5.74) is 0. The lowest BCUT2D eigenvalue weighted by Gasteiger charge is -2.15. The van der Waals surface area contributed by atoms with E-state index in [0.717, 1.165) is 47.8 Å². The molecule has 2 heterocycles. The fraction of sp³-hybridized carbons (Fsp3) is 0.333. The first-order valence-electron chi connectivity index (χ1n) is 11.3. The summed E-state index contributed by atoms with van der Waals surface area (Å²) in [5, 5.41) is 17.8. The number of thioether (sulfide) groups is 1.